The van der Waals surface area contributed by atoms with Crippen LogP contribution in [0.25, 0.3) is 0 Å². The lowest BCUT2D eigenvalue weighted by atomic mass is 9.77. The largest absolute Gasteiger partial charge is 0.494 e. The molecule has 2 fully saturated rings. The molecule has 2 saturated heterocycles. The third-order valence-electron chi connectivity index (χ3n) is 9.62. The van der Waals surface area contributed by atoms with Gasteiger partial charge in [-0.2, -0.15) is 0 Å². The summed E-state index contributed by atoms with van der Waals surface area (Å²) in [6.45, 7) is 2.53. The van der Waals surface area contributed by atoms with Gasteiger partial charge in [-0.3, -0.25) is 14.4 Å². The second-order valence-corrected chi connectivity index (χ2v) is 12.6. The normalized spacial score (nSPS) is 27.3. The summed E-state index contributed by atoms with van der Waals surface area (Å²) in [5.41, 5.74) is 0.619. The molecule has 7 rings (SSSR count). The minimum absolute atomic E-state index is 0.193. The summed E-state index contributed by atoms with van der Waals surface area (Å²) < 4.78 is 12.4. The van der Waals surface area contributed by atoms with Gasteiger partial charge in [0.25, 0.3) is 5.91 Å². The Morgan fingerprint density at radius 1 is 0.915 bits per heavy atom. The highest BCUT2D eigenvalue weighted by molar-refractivity contribution is 6.34. The first kappa shape index (κ1) is 31.2. The highest BCUT2D eigenvalue weighted by Gasteiger charge is 2.72. The number of rotatable bonds is 8. The van der Waals surface area contributed by atoms with Crippen molar-refractivity contribution < 1.29 is 29.0 Å². The van der Waals surface area contributed by atoms with Gasteiger partial charge < -0.3 is 29.3 Å². The van der Waals surface area contributed by atoms with Gasteiger partial charge in [-0.05, 0) is 55.3 Å². The van der Waals surface area contributed by atoms with Crippen LogP contribution in [0.1, 0.15) is 12.5 Å². The Morgan fingerprint density at radius 3 is 2.36 bits per heavy atom. The molecule has 0 saturated carbocycles. The average Bonchev–Trinajstić information content (AvgIpc) is 3.40. The standard InChI is InChI=1S/C37H36ClN3O6/c1-2-46-27-17-15-25(16-18-27)39-20-8-14-30-31(34(39)43)32-35(44)41(26(23-42)22-24-10-4-3-5-11-24)33-36(45)40(21-9-19-37(32,33)47-30)29-13-7-6-12-28(29)38/h3-19,26,30-33,42H,2,20-23H2,1H3/t26-,30+,31-,32+,33?,37+/m1/s1. The van der Waals surface area contributed by atoms with Crippen molar-refractivity contribution in [3.8, 4) is 5.75 Å². The lowest BCUT2D eigenvalue weighted by Gasteiger charge is -2.38. The number of para-hydroxylation sites is 1. The predicted octanol–water partition coefficient (Wildman–Crippen LogP) is 4.43. The van der Waals surface area contributed by atoms with Gasteiger partial charge in [0, 0.05) is 18.8 Å². The minimum Gasteiger partial charge on any atom is -0.494 e. The number of benzene rings is 3. The van der Waals surface area contributed by atoms with Crippen molar-refractivity contribution in [1.82, 2.24) is 4.90 Å². The number of ether oxygens (including phenoxy) is 2. The van der Waals surface area contributed by atoms with Gasteiger partial charge in [-0.1, -0.05) is 78.4 Å². The lowest BCUT2D eigenvalue weighted by molar-refractivity contribution is -0.144. The van der Waals surface area contributed by atoms with E-state index in [-0.39, 0.29) is 25.0 Å². The molecular formula is C37H36ClN3O6. The number of aliphatic hydroxyl groups excluding tert-OH is 1. The van der Waals surface area contributed by atoms with Gasteiger partial charge in [0.15, 0.2) is 0 Å². The Hall–Kier alpha value is -4.44. The summed E-state index contributed by atoms with van der Waals surface area (Å²) in [5.74, 6) is -2.27. The second kappa shape index (κ2) is 12.6. The van der Waals surface area contributed by atoms with E-state index in [1.807, 2.05) is 79.7 Å². The molecule has 4 aliphatic rings. The highest BCUT2D eigenvalue weighted by atomic mass is 35.5. The third-order valence-corrected chi connectivity index (χ3v) is 9.94. The van der Waals surface area contributed by atoms with Crippen LogP contribution in [0.4, 0.5) is 11.4 Å². The number of amides is 3. The maximum absolute atomic E-state index is 14.9. The number of likely N-dealkylation sites (tertiary alicyclic amines) is 1. The molecule has 10 heteroatoms. The van der Waals surface area contributed by atoms with Crippen LogP contribution in [0.3, 0.4) is 0 Å². The molecule has 3 aromatic carbocycles. The molecule has 4 heterocycles. The number of carbonyl (C=O) groups excluding carboxylic acids is 3. The van der Waals surface area contributed by atoms with Crippen LogP contribution in [0, 0.1) is 11.8 Å². The van der Waals surface area contributed by atoms with Gasteiger partial charge in [-0.15, -0.1) is 0 Å². The quantitative estimate of drug-likeness (QED) is 0.361. The summed E-state index contributed by atoms with van der Waals surface area (Å²) in [4.78, 5) is 48.9. The Balaban J connectivity index is 1.32. The van der Waals surface area contributed by atoms with Crippen LogP contribution >= 0.6 is 11.6 Å². The number of hydrogen-bond acceptors (Lipinski definition) is 6. The number of anilines is 2. The molecular weight excluding hydrogens is 618 g/mol. The zero-order valence-corrected chi connectivity index (χ0v) is 26.7. The topological polar surface area (TPSA) is 99.6 Å². The zero-order chi connectivity index (χ0) is 32.7. The molecule has 242 valence electrons. The lowest BCUT2D eigenvalue weighted by Crippen LogP contribution is -2.58. The first-order chi connectivity index (χ1) is 22.9. The van der Waals surface area contributed by atoms with Gasteiger partial charge in [0.1, 0.15) is 17.4 Å². The fraction of sp³-hybridized carbons (Fsp3) is 0.324. The highest BCUT2D eigenvalue weighted by Crippen LogP contribution is 2.54. The first-order valence-corrected chi connectivity index (χ1v) is 16.3. The van der Waals surface area contributed by atoms with E-state index in [0.29, 0.717) is 41.7 Å². The number of fused-ring (bicyclic) bond motifs is 2. The molecule has 0 aromatic heterocycles. The Kier molecular flexibility index (Phi) is 8.38. The van der Waals surface area contributed by atoms with Crippen LogP contribution in [0.15, 0.2) is 103 Å². The van der Waals surface area contributed by atoms with E-state index in [4.69, 9.17) is 21.1 Å². The van der Waals surface area contributed by atoms with Gasteiger partial charge in [-0.25, -0.2) is 0 Å². The smallest absolute Gasteiger partial charge is 0.253 e. The SMILES string of the molecule is CCOc1ccc(N2CC=C[C@@H]3O[C@]45C=CCN(c6ccccc6Cl)C(=O)C4N([C@@H](CO)Cc4ccccc4)C(=O)[C@@H]5[C@@H]3C2=O)cc1. The molecule has 9 nitrogen and oxygen atoms in total. The molecule has 3 amide bonds. The summed E-state index contributed by atoms with van der Waals surface area (Å²) in [6.07, 6.45) is 6.90. The molecule has 0 aliphatic carbocycles. The van der Waals surface area contributed by atoms with Crippen LogP contribution in [0.5, 0.6) is 5.75 Å². The van der Waals surface area contributed by atoms with Crippen LogP contribution < -0.4 is 14.5 Å². The minimum atomic E-state index is -1.45. The summed E-state index contributed by atoms with van der Waals surface area (Å²) in [5, 5.41) is 11.2. The molecule has 1 unspecified atom stereocenters. The summed E-state index contributed by atoms with van der Waals surface area (Å²) in [7, 11) is 0. The Morgan fingerprint density at radius 2 is 1.64 bits per heavy atom. The van der Waals surface area contributed by atoms with Crippen molar-refractivity contribution in [2.24, 2.45) is 11.8 Å². The molecule has 47 heavy (non-hydrogen) atoms. The van der Waals surface area contributed by atoms with E-state index in [0.717, 1.165) is 5.56 Å². The summed E-state index contributed by atoms with van der Waals surface area (Å²) >= 11 is 6.59. The van der Waals surface area contributed by atoms with E-state index in [1.165, 1.54) is 4.90 Å². The van der Waals surface area contributed by atoms with Crippen molar-refractivity contribution in [2.75, 3.05) is 36.1 Å². The Bertz CT molecular complexity index is 1730. The average molecular weight is 654 g/mol. The predicted molar refractivity (Wildman–Crippen MR) is 178 cm³/mol. The van der Waals surface area contributed by atoms with Gasteiger partial charge in [0.05, 0.1) is 47.9 Å². The number of nitrogens with zero attached hydrogens (tertiary/aromatic N) is 3. The van der Waals surface area contributed by atoms with Crippen LogP contribution in [-0.4, -0.2) is 77.8 Å². The van der Waals surface area contributed by atoms with Crippen molar-refractivity contribution in [2.45, 2.75) is 37.1 Å². The van der Waals surface area contributed by atoms with Gasteiger partial charge in [0.2, 0.25) is 11.8 Å². The number of aliphatic hydroxyl groups is 1. The van der Waals surface area contributed by atoms with Crippen molar-refractivity contribution in [1.29, 1.82) is 0 Å². The van der Waals surface area contributed by atoms with Crippen molar-refractivity contribution in [3.63, 3.8) is 0 Å². The van der Waals surface area contributed by atoms with E-state index in [2.05, 4.69) is 0 Å². The molecule has 1 N–H and O–H groups in total. The van der Waals surface area contributed by atoms with E-state index in [1.54, 1.807) is 40.1 Å². The van der Waals surface area contributed by atoms with E-state index < -0.39 is 41.5 Å². The van der Waals surface area contributed by atoms with Crippen LogP contribution in [-0.2, 0) is 25.5 Å². The number of hydrogen-bond donors (Lipinski definition) is 1. The van der Waals surface area contributed by atoms with E-state index in [9.17, 15) is 19.5 Å². The maximum atomic E-state index is 14.9. The fourth-order valence-corrected chi connectivity index (χ4v) is 7.85. The third kappa shape index (κ3) is 5.23. The maximum Gasteiger partial charge on any atom is 0.253 e. The summed E-state index contributed by atoms with van der Waals surface area (Å²) in [6, 6.07) is 22.0. The zero-order valence-electron chi connectivity index (χ0n) is 25.9. The fourth-order valence-electron chi connectivity index (χ4n) is 7.61. The molecule has 4 aliphatic heterocycles. The number of carbonyl (C=O) groups is 3. The van der Waals surface area contributed by atoms with Crippen molar-refractivity contribution in [3.05, 3.63) is 114 Å². The molecule has 6 atom stereocenters. The number of halogens is 1. The molecule has 0 bridgehead atoms. The van der Waals surface area contributed by atoms with Crippen LogP contribution in [0.2, 0.25) is 5.02 Å². The van der Waals surface area contributed by atoms with E-state index >= 15 is 0 Å². The van der Waals surface area contributed by atoms with Crippen molar-refractivity contribution >= 4 is 40.7 Å². The molecule has 1 spiro atoms. The van der Waals surface area contributed by atoms with Gasteiger partial charge >= 0.3 is 0 Å². The monoisotopic (exact) mass is 653 g/mol. The Labute approximate surface area is 278 Å². The first-order valence-electron chi connectivity index (χ1n) is 16.0. The molecule has 0 radical (unpaired) electrons. The molecule has 3 aromatic rings. The second-order valence-electron chi connectivity index (χ2n) is 12.2.